The molecule has 26 heavy (non-hydrogen) atoms. The minimum atomic E-state index is -0.313. The van der Waals surface area contributed by atoms with Gasteiger partial charge in [0.15, 0.2) is 5.11 Å². The number of amides is 1. The molecule has 7 heteroatoms. The third kappa shape index (κ3) is 4.33. The first-order valence-corrected chi connectivity index (χ1v) is 9.58. The van der Waals surface area contributed by atoms with Crippen molar-refractivity contribution in [1.82, 2.24) is 10.6 Å². The lowest BCUT2D eigenvalue weighted by Crippen LogP contribution is -2.39. The number of halogens is 1. The lowest BCUT2D eigenvalue weighted by molar-refractivity contribution is 0.0981. The molecule has 0 bridgehead atoms. The fraction of sp³-hybridized carbons (Fsp3) is 0.158. The Bertz CT molecular complexity index is 941. The van der Waals surface area contributed by atoms with Crippen LogP contribution in [0.1, 0.15) is 15.2 Å². The molecule has 4 nitrogen and oxygen atoms in total. The average Bonchev–Trinajstić information content (AvgIpc) is 2.98. The second kappa shape index (κ2) is 8.49. The van der Waals surface area contributed by atoms with Crippen LogP contribution < -0.4 is 15.4 Å². The molecule has 0 aliphatic rings. The van der Waals surface area contributed by atoms with Gasteiger partial charge >= 0.3 is 0 Å². The normalized spacial score (nSPS) is 10.5. The van der Waals surface area contributed by atoms with Gasteiger partial charge < -0.3 is 10.1 Å². The van der Waals surface area contributed by atoms with Crippen LogP contribution in [0.2, 0.25) is 5.02 Å². The van der Waals surface area contributed by atoms with E-state index in [0.29, 0.717) is 16.4 Å². The molecule has 0 saturated carbocycles. The highest BCUT2D eigenvalue weighted by atomic mass is 35.5. The molecule has 0 spiro atoms. The van der Waals surface area contributed by atoms with Crippen LogP contribution >= 0.6 is 35.2 Å². The van der Waals surface area contributed by atoms with Crippen LogP contribution in [0, 0.1) is 0 Å². The molecule has 3 rings (SSSR count). The molecule has 0 saturated heterocycles. The van der Waals surface area contributed by atoms with Gasteiger partial charge in [-0.2, -0.15) is 0 Å². The van der Waals surface area contributed by atoms with Crippen molar-refractivity contribution < 1.29 is 9.53 Å². The van der Waals surface area contributed by atoms with E-state index in [1.165, 1.54) is 16.9 Å². The second-order valence-electron chi connectivity index (χ2n) is 5.55. The highest BCUT2D eigenvalue weighted by molar-refractivity contribution is 7.80. The molecular weight excluding hydrogens is 388 g/mol. The van der Waals surface area contributed by atoms with Gasteiger partial charge in [-0.05, 0) is 42.4 Å². The highest BCUT2D eigenvalue weighted by Crippen LogP contribution is 2.37. The number of hydrogen-bond acceptors (Lipinski definition) is 4. The molecule has 0 aliphatic carbocycles. The van der Waals surface area contributed by atoms with Crippen molar-refractivity contribution in [3.05, 3.63) is 64.0 Å². The van der Waals surface area contributed by atoms with Crippen molar-refractivity contribution in [2.24, 2.45) is 0 Å². The number of hydrogen-bond donors (Lipinski definition) is 2. The summed E-state index contributed by atoms with van der Waals surface area (Å²) in [6.07, 6.45) is 0.820. The van der Waals surface area contributed by atoms with Gasteiger partial charge in [0.05, 0.1) is 12.1 Å². The largest absolute Gasteiger partial charge is 0.497 e. The lowest BCUT2D eigenvalue weighted by Gasteiger charge is -2.09. The van der Waals surface area contributed by atoms with E-state index in [4.69, 9.17) is 28.6 Å². The number of thiophene rings is 1. The molecular formula is C19H17ClN2O2S2. The van der Waals surface area contributed by atoms with E-state index in [9.17, 15) is 4.79 Å². The predicted molar refractivity (Wildman–Crippen MR) is 112 cm³/mol. The molecule has 2 aromatic carbocycles. The van der Waals surface area contributed by atoms with Crippen molar-refractivity contribution >= 4 is 56.3 Å². The SMILES string of the molecule is COc1ccc2c(Cl)c(C(=O)NC(=S)NCCc3ccccc3)sc2c1. The maximum atomic E-state index is 12.5. The van der Waals surface area contributed by atoms with Crippen LogP contribution in [0.3, 0.4) is 0 Å². The molecule has 134 valence electrons. The molecule has 0 atom stereocenters. The van der Waals surface area contributed by atoms with Crippen molar-refractivity contribution in [2.45, 2.75) is 6.42 Å². The first-order valence-electron chi connectivity index (χ1n) is 7.97. The molecule has 2 N–H and O–H groups in total. The van der Waals surface area contributed by atoms with Crippen molar-refractivity contribution in [3.63, 3.8) is 0 Å². The molecule has 0 aliphatic heterocycles. The van der Waals surface area contributed by atoms with E-state index in [1.807, 2.05) is 36.4 Å². The van der Waals surface area contributed by atoms with Crippen LogP contribution in [-0.2, 0) is 6.42 Å². The van der Waals surface area contributed by atoms with Gasteiger partial charge in [0.25, 0.3) is 5.91 Å². The van der Waals surface area contributed by atoms with Crippen molar-refractivity contribution in [2.75, 3.05) is 13.7 Å². The van der Waals surface area contributed by atoms with Crippen molar-refractivity contribution in [3.8, 4) is 5.75 Å². The third-order valence-electron chi connectivity index (χ3n) is 3.81. The Labute approximate surface area is 166 Å². The number of nitrogens with one attached hydrogen (secondary N) is 2. The highest BCUT2D eigenvalue weighted by Gasteiger charge is 2.18. The molecule has 1 amide bonds. The molecule has 1 aromatic heterocycles. The van der Waals surface area contributed by atoms with Gasteiger partial charge in [-0.25, -0.2) is 0 Å². The fourth-order valence-corrected chi connectivity index (χ4v) is 4.12. The Kier molecular flexibility index (Phi) is 6.08. The smallest absolute Gasteiger partial charge is 0.269 e. The van der Waals surface area contributed by atoms with Crippen LogP contribution in [0.4, 0.5) is 0 Å². The summed E-state index contributed by atoms with van der Waals surface area (Å²) < 4.78 is 6.10. The number of methoxy groups -OCH3 is 1. The summed E-state index contributed by atoms with van der Waals surface area (Å²) >= 11 is 12.9. The minimum Gasteiger partial charge on any atom is -0.497 e. The summed E-state index contributed by atoms with van der Waals surface area (Å²) in [7, 11) is 1.60. The Morgan fingerprint density at radius 2 is 2.00 bits per heavy atom. The Morgan fingerprint density at radius 3 is 2.73 bits per heavy atom. The quantitative estimate of drug-likeness (QED) is 0.618. The van der Waals surface area contributed by atoms with Crippen LogP contribution in [-0.4, -0.2) is 24.7 Å². The first kappa shape index (κ1) is 18.6. The number of fused-ring (bicyclic) bond motifs is 1. The monoisotopic (exact) mass is 404 g/mol. The number of carbonyl (C=O) groups is 1. The number of rotatable bonds is 5. The van der Waals surface area contributed by atoms with Gasteiger partial charge in [-0.15, -0.1) is 11.3 Å². The van der Waals surface area contributed by atoms with Crippen LogP contribution in [0.25, 0.3) is 10.1 Å². The number of ether oxygens (including phenoxy) is 1. The van der Waals surface area contributed by atoms with E-state index in [1.54, 1.807) is 7.11 Å². The second-order valence-corrected chi connectivity index (χ2v) is 7.39. The van der Waals surface area contributed by atoms with Gasteiger partial charge in [0.2, 0.25) is 0 Å². The lowest BCUT2D eigenvalue weighted by atomic mass is 10.1. The Balaban J connectivity index is 1.61. The zero-order valence-electron chi connectivity index (χ0n) is 14.0. The van der Waals surface area contributed by atoms with Crippen LogP contribution in [0.5, 0.6) is 5.75 Å². The zero-order chi connectivity index (χ0) is 18.5. The summed E-state index contributed by atoms with van der Waals surface area (Å²) in [5.74, 6) is 0.410. The first-order chi connectivity index (χ1) is 12.6. The van der Waals surface area contributed by atoms with Gasteiger partial charge in [-0.3, -0.25) is 10.1 Å². The van der Waals surface area contributed by atoms with Crippen molar-refractivity contribution in [1.29, 1.82) is 0 Å². The summed E-state index contributed by atoms with van der Waals surface area (Å²) in [4.78, 5) is 12.9. The third-order valence-corrected chi connectivity index (χ3v) is 5.71. The molecule has 1 heterocycles. The average molecular weight is 405 g/mol. The Hall–Kier alpha value is -2.15. The van der Waals surface area contributed by atoms with Gasteiger partial charge in [0, 0.05) is 16.6 Å². The fourth-order valence-electron chi connectivity index (χ4n) is 2.49. The van der Waals surface area contributed by atoms with E-state index >= 15 is 0 Å². The van der Waals surface area contributed by atoms with E-state index in [2.05, 4.69) is 22.8 Å². The van der Waals surface area contributed by atoms with E-state index in [0.717, 1.165) is 22.3 Å². The molecule has 3 aromatic rings. The molecule has 0 radical (unpaired) electrons. The zero-order valence-corrected chi connectivity index (χ0v) is 16.4. The number of benzene rings is 2. The van der Waals surface area contributed by atoms with Gasteiger partial charge in [0.1, 0.15) is 10.6 Å². The number of carbonyl (C=O) groups excluding carboxylic acids is 1. The molecule has 0 unspecified atom stereocenters. The van der Waals surface area contributed by atoms with Gasteiger partial charge in [-0.1, -0.05) is 41.9 Å². The summed E-state index contributed by atoms with van der Waals surface area (Å²) in [6, 6.07) is 15.6. The Morgan fingerprint density at radius 1 is 1.23 bits per heavy atom. The van der Waals surface area contributed by atoms with Crippen LogP contribution in [0.15, 0.2) is 48.5 Å². The predicted octanol–water partition coefficient (Wildman–Crippen LogP) is 4.41. The standard InChI is InChI=1S/C19H17ClN2O2S2/c1-24-13-7-8-14-15(11-13)26-17(16(14)20)18(23)22-19(25)21-10-9-12-5-3-2-4-6-12/h2-8,11H,9-10H2,1H3,(H2,21,22,23,25). The van der Waals surface area contributed by atoms with E-state index in [-0.39, 0.29) is 11.0 Å². The molecule has 0 fully saturated rings. The maximum absolute atomic E-state index is 12.5. The summed E-state index contributed by atoms with van der Waals surface area (Å²) in [5.41, 5.74) is 1.20. The minimum absolute atomic E-state index is 0.289. The number of thiocarbonyl (C=S) groups is 1. The van der Waals surface area contributed by atoms with E-state index < -0.39 is 0 Å². The maximum Gasteiger partial charge on any atom is 0.269 e. The summed E-state index contributed by atoms with van der Waals surface area (Å²) in [6.45, 7) is 0.639. The summed E-state index contributed by atoms with van der Waals surface area (Å²) in [5, 5.41) is 7.27. The topological polar surface area (TPSA) is 50.4 Å².